The zero-order valence-corrected chi connectivity index (χ0v) is 13.8. The van der Waals surface area contributed by atoms with E-state index in [1.807, 2.05) is 13.1 Å². The fourth-order valence-electron chi connectivity index (χ4n) is 2.84. The van der Waals surface area contributed by atoms with E-state index in [2.05, 4.69) is 54.2 Å². The first-order valence-electron chi connectivity index (χ1n) is 6.64. The molecule has 2 aromatic carbocycles. The summed E-state index contributed by atoms with van der Waals surface area (Å²) in [6, 6.07) is 9.26. The Kier molecular flexibility index (Phi) is 4.61. The number of rotatable bonds is 3. The number of halogens is 2. The number of benzene rings is 2. The van der Waals surface area contributed by atoms with Gasteiger partial charge in [-0.25, -0.2) is 4.39 Å². The molecule has 0 radical (unpaired) electrons. The zero-order valence-electron chi connectivity index (χ0n) is 12.2. The Balaban J connectivity index is 2.58. The third-order valence-electron chi connectivity index (χ3n) is 3.59. The van der Waals surface area contributed by atoms with Crippen molar-refractivity contribution in [3.05, 3.63) is 68.4 Å². The minimum Gasteiger partial charge on any atom is -0.309 e. The highest BCUT2D eigenvalue weighted by atomic mass is 79.9. The molecule has 2 aromatic rings. The highest BCUT2D eigenvalue weighted by Crippen LogP contribution is 2.33. The Morgan fingerprint density at radius 3 is 2.15 bits per heavy atom. The smallest absolute Gasteiger partial charge is 0.124 e. The van der Waals surface area contributed by atoms with Crippen molar-refractivity contribution < 1.29 is 4.39 Å². The summed E-state index contributed by atoms with van der Waals surface area (Å²) in [4.78, 5) is 0. The molecule has 0 spiro atoms. The van der Waals surface area contributed by atoms with E-state index >= 15 is 0 Å². The second-order valence-electron chi connectivity index (χ2n) is 5.20. The van der Waals surface area contributed by atoms with Crippen LogP contribution in [-0.2, 0) is 0 Å². The summed E-state index contributed by atoms with van der Waals surface area (Å²) >= 11 is 3.47. The van der Waals surface area contributed by atoms with E-state index in [9.17, 15) is 4.39 Å². The predicted octanol–water partition coefficient (Wildman–Crippen LogP) is 4.82. The van der Waals surface area contributed by atoms with Crippen molar-refractivity contribution in [1.29, 1.82) is 0 Å². The van der Waals surface area contributed by atoms with Crippen LogP contribution in [0.3, 0.4) is 0 Å². The van der Waals surface area contributed by atoms with Gasteiger partial charge in [-0.1, -0.05) is 39.7 Å². The molecular formula is C17H19BrFN. The van der Waals surface area contributed by atoms with Crippen LogP contribution < -0.4 is 5.32 Å². The molecule has 20 heavy (non-hydrogen) atoms. The Morgan fingerprint density at radius 2 is 1.65 bits per heavy atom. The zero-order chi connectivity index (χ0) is 14.9. The van der Waals surface area contributed by atoms with Gasteiger partial charge in [0.2, 0.25) is 0 Å². The monoisotopic (exact) mass is 335 g/mol. The van der Waals surface area contributed by atoms with E-state index in [1.54, 1.807) is 0 Å². The van der Waals surface area contributed by atoms with Crippen molar-refractivity contribution in [2.24, 2.45) is 0 Å². The second kappa shape index (κ2) is 6.06. The topological polar surface area (TPSA) is 12.0 Å². The van der Waals surface area contributed by atoms with Gasteiger partial charge in [-0.3, -0.25) is 0 Å². The van der Waals surface area contributed by atoms with Crippen LogP contribution in [0.2, 0.25) is 0 Å². The van der Waals surface area contributed by atoms with Crippen molar-refractivity contribution >= 4 is 15.9 Å². The lowest BCUT2D eigenvalue weighted by atomic mass is 9.90. The molecule has 0 amide bonds. The Labute approximate surface area is 128 Å². The summed E-state index contributed by atoms with van der Waals surface area (Å²) < 4.78 is 14.1. The standard InChI is InChI=1S/C17H19BrFN/c1-10-7-11(2)16(12(3)8-10)17(20-4)14-6-5-13(19)9-15(14)18/h5-9,17,20H,1-4H3. The summed E-state index contributed by atoms with van der Waals surface area (Å²) in [6.07, 6.45) is 0. The van der Waals surface area contributed by atoms with Crippen LogP contribution in [0, 0.1) is 26.6 Å². The van der Waals surface area contributed by atoms with Crippen molar-refractivity contribution in [2.75, 3.05) is 7.05 Å². The predicted molar refractivity (Wildman–Crippen MR) is 85.7 cm³/mol. The van der Waals surface area contributed by atoms with Crippen LogP contribution in [0.15, 0.2) is 34.8 Å². The first-order valence-corrected chi connectivity index (χ1v) is 7.43. The van der Waals surface area contributed by atoms with Crippen LogP contribution >= 0.6 is 15.9 Å². The van der Waals surface area contributed by atoms with E-state index in [-0.39, 0.29) is 11.9 Å². The van der Waals surface area contributed by atoms with Crippen molar-refractivity contribution in [2.45, 2.75) is 26.8 Å². The maximum absolute atomic E-state index is 13.3. The summed E-state index contributed by atoms with van der Waals surface area (Å²) in [7, 11) is 1.93. The molecule has 0 heterocycles. The molecule has 2 rings (SSSR count). The largest absolute Gasteiger partial charge is 0.309 e. The van der Waals surface area contributed by atoms with E-state index in [0.717, 1.165) is 10.0 Å². The Hall–Kier alpha value is -1.19. The summed E-state index contributed by atoms with van der Waals surface area (Å²) in [5.74, 6) is -0.229. The molecule has 1 atom stereocenters. The Bertz CT molecular complexity index is 614. The number of hydrogen-bond donors (Lipinski definition) is 1. The van der Waals surface area contributed by atoms with Gasteiger partial charge in [-0.2, -0.15) is 0 Å². The van der Waals surface area contributed by atoms with Gasteiger partial charge in [0.15, 0.2) is 0 Å². The van der Waals surface area contributed by atoms with Crippen molar-refractivity contribution in [1.82, 2.24) is 5.32 Å². The van der Waals surface area contributed by atoms with E-state index < -0.39 is 0 Å². The molecule has 0 saturated carbocycles. The molecule has 0 aliphatic heterocycles. The van der Waals surface area contributed by atoms with Crippen LogP contribution in [0.25, 0.3) is 0 Å². The maximum atomic E-state index is 13.3. The molecule has 3 heteroatoms. The molecule has 106 valence electrons. The lowest BCUT2D eigenvalue weighted by molar-refractivity contribution is 0.621. The number of hydrogen-bond acceptors (Lipinski definition) is 1. The first kappa shape index (κ1) is 15.2. The molecule has 0 aromatic heterocycles. The van der Waals surface area contributed by atoms with Crippen LogP contribution in [-0.4, -0.2) is 7.05 Å². The molecule has 0 fully saturated rings. The van der Waals surface area contributed by atoms with Gasteiger partial charge in [0, 0.05) is 4.47 Å². The molecular weight excluding hydrogens is 317 g/mol. The quantitative estimate of drug-likeness (QED) is 0.847. The minimum atomic E-state index is -0.229. The number of aryl methyl sites for hydroxylation is 3. The molecule has 0 bridgehead atoms. The molecule has 0 saturated heterocycles. The van der Waals surface area contributed by atoms with Crippen LogP contribution in [0.5, 0.6) is 0 Å². The molecule has 1 unspecified atom stereocenters. The fourth-order valence-corrected chi connectivity index (χ4v) is 3.42. The molecule has 1 N–H and O–H groups in total. The van der Waals surface area contributed by atoms with Crippen LogP contribution in [0.4, 0.5) is 4.39 Å². The van der Waals surface area contributed by atoms with Crippen molar-refractivity contribution in [3.8, 4) is 0 Å². The SMILES string of the molecule is CNC(c1ccc(F)cc1Br)c1c(C)cc(C)cc1C. The van der Waals surface area contributed by atoms with Gasteiger partial charge in [0.25, 0.3) is 0 Å². The average Bonchev–Trinajstić information content (AvgIpc) is 2.34. The highest BCUT2D eigenvalue weighted by molar-refractivity contribution is 9.10. The van der Waals surface area contributed by atoms with Gasteiger partial charge in [-0.15, -0.1) is 0 Å². The lowest BCUT2D eigenvalue weighted by Crippen LogP contribution is -2.20. The van der Waals surface area contributed by atoms with Gasteiger partial charge < -0.3 is 5.32 Å². The van der Waals surface area contributed by atoms with E-state index in [1.165, 1.54) is 34.4 Å². The van der Waals surface area contributed by atoms with Gasteiger partial charge in [0.05, 0.1) is 6.04 Å². The van der Waals surface area contributed by atoms with Gasteiger partial charge in [-0.05, 0) is 62.2 Å². The molecule has 0 aliphatic carbocycles. The highest BCUT2D eigenvalue weighted by Gasteiger charge is 2.19. The first-order chi connectivity index (χ1) is 9.43. The van der Waals surface area contributed by atoms with Gasteiger partial charge in [0.1, 0.15) is 5.82 Å². The summed E-state index contributed by atoms with van der Waals surface area (Å²) in [5, 5.41) is 3.34. The average molecular weight is 336 g/mol. The van der Waals surface area contributed by atoms with E-state index in [4.69, 9.17) is 0 Å². The maximum Gasteiger partial charge on any atom is 0.124 e. The molecule has 0 aliphatic rings. The Morgan fingerprint density at radius 1 is 1.05 bits per heavy atom. The summed E-state index contributed by atoms with van der Waals surface area (Å²) in [5.41, 5.74) is 6.06. The van der Waals surface area contributed by atoms with Gasteiger partial charge >= 0.3 is 0 Å². The summed E-state index contributed by atoms with van der Waals surface area (Å²) in [6.45, 7) is 6.35. The fraction of sp³-hybridized carbons (Fsp3) is 0.294. The van der Waals surface area contributed by atoms with Crippen molar-refractivity contribution in [3.63, 3.8) is 0 Å². The molecule has 1 nitrogen and oxygen atoms in total. The third-order valence-corrected chi connectivity index (χ3v) is 4.28. The lowest BCUT2D eigenvalue weighted by Gasteiger charge is -2.23. The normalized spacial score (nSPS) is 12.5. The second-order valence-corrected chi connectivity index (χ2v) is 6.05. The number of nitrogens with one attached hydrogen (secondary N) is 1. The third kappa shape index (κ3) is 2.94. The minimum absolute atomic E-state index is 0.0468. The van der Waals surface area contributed by atoms with Crippen LogP contribution in [0.1, 0.15) is 33.9 Å². The van der Waals surface area contributed by atoms with E-state index in [0.29, 0.717) is 0 Å².